The van der Waals surface area contributed by atoms with Crippen LogP contribution in [0.3, 0.4) is 0 Å². The maximum absolute atomic E-state index is 13.3. The minimum Gasteiger partial charge on any atom is -0.497 e. The van der Waals surface area contributed by atoms with Crippen LogP contribution in [0.5, 0.6) is 5.75 Å². The van der Waals surface area contributed by atoms with Gasteiger partial charge in [0.2, 0.25) is 5.91 Å². The lowest BCUT2D eigenvalue weighted by molar-refractivity contribution is -0.213. The van der Waals surface area contributed by atoms with Gasteiger partial charge in [0.05, 0.1) is 12.8 Å². The number of ether oxygens (including phenoxy) is 1. The zero-order chi connectivity index (χ0) is 15.7. The highest BCUT2D eigenvalue weighted by Crippen LogP contribution is 2.44. The molecule has 1 aliphatic heterocycles. The smallest absolute Gasteiger partial charge is 0.404 e. The minimum atomic E-state index is -4.61. The maximum atomic E-state index is 13.3. The zero-order valence-corrected chi connectivity index (χ0v) is 12.8. The first kappa shape index (κ1) is 16.1. The summed E-state index contributed by atoms with van der Waals surface area (Å²) in [4.78, 5) is 12.2. The molecule has 2 N–H and O–H groups in total. The summed E-state index contributed by atoms with van der Waals surface area (Å²) in [5.41, 5.74) is -2.15. The lowest BCUT2D eigenvalue weighted by atomic mass is 9.85. The predicted octanol–water partition coefficient (Wildman–Crippen LogP) is 2.94. The molecule has 8 heteroatoms. The van der Waals surface area contributed by atoms with E-state index in [9.17, 15) is 18.0 Å². The van der Waals surface area contributed by atoms with Crippen molar-refractivity contribution in [2.75, 3.05) is 25.5 Å². The molecule has 0 saturated carbocycles. The Bertz CT molecular complexity index is 543. The molecule has 1 unspecified atom stereocenters. The summed E-state index contributed by atoms with van der Waals surface area (Å²) in [6, 6.07) is 4.70. The monoisotopic (exact) mass is 366 g/mol. The molecule has 1 saturated heterocycles. The Morgan fingerprint density at radius 3 is 2.71 bits per heavy atom. The molecule has 1 atom stereocenters. The van der Waals surface area contributed by atoms with Gasteiger partial charge in [-0.25, -0.2) is 0 Å². The minimum absolute atomic E-state index is 0.159. The van der Waals surface area contributed by atoms with Crippen LogP contribution >= 0.6 is 15.9 Å². The van der Waals surface area contributed by atoms with Crippen molar-refractivity contribution in [3.05, 3.63) is 22.7 Å². The number of halogens is 4. The van der Waals surface area contributed by atoms with Crippen LogP contribution in [-0.4, -0.2) is 32.3 Å². The SMILES string of the molecule is COc1ccc(Br)c(NC(=O)C2(C(F)(F)F)CCNC2)c1. The van der Waals surface area contributed by atoms with E-state index in [4.69, 9.17) is 4.74 Å². The number of alkyl halides is 3. The molecule has 4 nitrogen and oxygen atoms in total. The number of carbonyl (C=O) groups excluding carboxylic acids is 1. The third-order valence-electron chi connectivity index (χ3n) is 3.55. The molecule has 1 fully saturated rings. The Kier molecular flexibility index (Phi) is 4.48. The first-order valence-corrected chi connectivity index (χ1v) is 7.02. The number of benzene rings is 1. The van der Waals surface area contributed by atoms with Crippen LogP contribution in [0.1, 0.15) is 6.42 Å². The van der Waals surface area contributed by atoms with Crippen molar-refractivity contribution in [1.29, 1.82) is 0 Å². The molecule has 1 aromatic carbocycles. The molecule has 1 aliphatic rings. The van der Waals surface area contributed by atoms with Gasteiger partial charge in [-0.05, 0) is 41.0 Å². The number of carbonyl (C=O) groups is 1. The summed E-state index contributed by atoms with van der Waals surface area (Å²) >= 11 is 3.20. The second kappa shape index (κ2) is 5.84. The van der Waals surface area contributed by atoms with Crippen LogP contribution in [0.2, 0.25) is 0 Å². The van der Waals surface area contributed by atoms with E-state index in [2.05, 4.69) is 26.6 Å². The first-order valence-electron chi connectivity index (χ1n) is 6.22. The highest BCUT2D eigenvalue weighted by Gasteiger charge is 2.61. The number of nitrogens with one attached hydrogen (secondary N) is 2. The Hall–Kier alpha value is -1.28. The Morgan fingerprint density at radius 1 is 1.48 bits per heavy atom. The fourth-order valence-corrected chi connectivity index (χ4v) is 2.57. The lowest BCUT2D eigenvalue weighted by Gasteiger charge is -2.29. The number of amides is 1. The highest BCUT2D eigenvalue weighted by atomic mass is 79.9. The van der Waals surface area contributed by atoms with Gasteiger partial charge in [0, 0.05) is 17.1 Å². The average Bonchev–Trinajstić information content (AvgIpc) is 2.91. The van der Waals surface area contributed by atoms with Gasteiger partial charge < -0.3 is 15.4 Å². The van der Waals surface area contributed by atoms with E-state index in [1.165, 1.54) is 13.2 Å². The van der Waals surface area contributed by atoms with Crippen LogP contribution < -0.4 is 15.4 Å². The summed E-state index contributed by atoms with van der Waals surface area (Å²) in [7, 11) is 1.44. The molecular formula is C13H14BrF3N2O2. The van der Waals surface area contributed by atoms with Crippen molar-refractivity contribution < 1.29 is 22.7 Å². The largest absolute Gasteiger partial charge is 0.497 e. The first-order chi connectivity index (χ1) is 9.80. The summed E-state index contributed by atoms with van der Waals surface area (Å²) in [5.74, 6) is -0.618. The Labute approximate surface area is 128 Å². The van der Waals surface area contributed by atoms with Crippen molar-refractivity contribution in [3.8, 4) is 5.75 Å². The molecule has 116 valence electrons. The summed E-state index contributed by atoms with van der Waals surface area (Å²) < 4.78 is 45.3. The number of methoxy groups -OCH3 is 1. The van der Waals surface area contributed by atoms with E-state index < -0.39 is 24.0 Å². The maximum Gasteiger partial charge on any atom is 0.404 e. The van der Waals surface area contributed by atoms with Crippen molar-refractivity contribution in [2.24, 2.45) is 5.41 Å². The summed E-state index contributed by atoms with van der Waals surface area (Å²) in [5, 5.41) is 4.95. The zero-order valence-electron chi connectivity index (χ0n) is 11.2. The van der Waals surface area contributed by atoms with Crippen LogP contribution in [0.25, 0.3) is 0 Å². The third kappa shape index (κ3) is 3.01. The van der Waals surface area contributed by atoms with Gasteiger partial charge in [0.25, 0.3) is 0 Å². The third-order valence-corrected chi connectivity index (χ3v) is 4.25. The van der Waals surface area contributed by atoms with Crippen molar-refractivity contribution in [1.82, 2.24) is 5.32 Å². The van der Waals surface area contributed by atoms with E-state index in [0.717, 1.165) is 0 Å². The molecule has 1 aromatic rings. The molecule has 2 rings (SSSR count). The molecule has 21 heavy (non-hydrogen) atoms. The molecule has 1 amide bonds. The van der Waals surface area contributed by atoms with Gasteiger partial charge in [0.1, 0.15) is 5.75 Å². The standard InChI is InChI=1S/C13H14BrF3N2O2/c1-21-8-2-3-9(14)10(6-8)19-11(20)12(13(15,16)17)4-5-18-7-12/h2-3,6,18H,4-5,7H2,1H3,(H,19,20). The van der Waals surface area contributed by atoms with Crippen molar-refractivity contribution >= 4 is 27.5 Å². The quantitative estimate of drug-likeness (QED) is 0.864. The van der Waals surface area contributed by atoms with Gasteiger partial charge in [-0.1, -0.05) is 0 Å². The number of hydrogen-bond donors (Lipinski definition) is 2. The van der Waals surface area contributed by atoms with E-state index in [1.807, 2.05) is 0 Å². The number of rotatable bonds is 3. The number of hydrogen-bond acceptors (Lipinski definition) is 3. The summed E-state index contributed by atoms with van der Waals surface area (Å²) in [6.07, 6.45) is -4.88. The molecule has 0 aliphatic carbocycles. The second-order valence-electron chi connectivity index (χ2n) is 4.81. The molecule has 0 radical (unpaired) electrons. The number of anilines is 1. The van der Waals surface area contributed by atoms with Crippen molar-refractivity contribution in [2.45, 2.75) is 12.6 Å². The van der Waals surface area contributed by atoms with Gasteiger partial charge in [-0.2, -0.15) is 13.2 Å². The van der Waals surface area contributed by atoms with E-state index >= 15 is 0 Å². The van der Waals surface area contributed by atoms with Gasteiger partial charge in [-0.3, -0.25) is 4.79 Å². The highest BCUT2D eigenvalue weighted by molar-refractivity contribution is 9.10. The van der Waals surface area contributed by atoms with Gasteiger partial charge >= 0.3 is 6.18 Å². The molecule has 0 aromatic heterocycles. The van der Waals surface area contributed by atoms with Gasteiger partial charge in [0.15, 0.2) is 5.41 Å². The normalized spacial score (nSPS) is 22.1. The van der Waals surface area contributed by atoms with E-state index in [1.54, 1.807) is 12.1 Å². The Balaban J connectivity index is 2.28. The topological polar surface area (TPSA) is 50.4 Å². The van der Waals surface area contributed by atoms with Gasteiger partial charge in [-0.15, -0.1) is 0 Å². The molecule has 1 heterocycles. The fourth-order valence-electron chi connectivity index (χ4n) is 2.23. The fraction of sp³-hybridized carbons (Fsp3) is 0.462. The Morgan fingerprint density at radius 2 is 2.19 bits per heavy atom. The van der Waals surface area contributed by atoms with Crippen LogP contribution in [-0.2, 0) is 4.79 Å². The van der Waals surface area contributed by atoms with Crippen LogP contribution in [0.4, 0.5) is 18.9 Å². The molecular weight excluding hydrogens is 353 g/mol. The second-order valence-corrected chi connectivity index (χ2v) is 5.66. The molecule has 0 bridgehead atoms. The predicted molar refractivity (Wildman–Crippen MR) is 75.3 cm³/mol. The van der Waals surface area contributed by atoms with E-state index in [-0.39, 0.29) is 18.7 Å². The van der Waals surface area contributed by atoms with Crippen molar-refractivity contribution in [3.63, 3.8) is 0 Å². The van der Waals surface area contributed by atoms with Crippen LogP contribution in [0.15, 0.2) is 22.7 Å². The average molecular weight is 367 g/mol. The van der Waals surface area contributed by atoms with E-state index in [0.29, 0.717) is 10.2 Å². The summed E-state index contributed by atoms with van der Waals surface area (Å²) in [6.45, 7) is -0.254. The van der Waals surface area contributed by atoms with Crippen LogP contribution in [0, 0.1) is 5.41 Å². The molecule has 0 spiro atoms. The lowest BCUT2D eigenvalue weighted by Crippen LogP contribution is -2.49.